The lowest BCUT2D eigenvalue weighted by molar-refractivity contribution is 0.349. The van der Waals surface area contributed by atoms with Gasteiger partial charge in [0.05, 0.1) is 27.0 Å². The van der Waals surface area contributed by atoms with E-state index >= 15 is 0 Å². The van der Waals surface area contributed by atoms with Gasteiger partial charge < -0.3 is 19.1 Å². The Morgan fingerprint density at radius 3 is 2.00 bits per heavy atom. The lowest BCUT2D eigenvalue weighted by Gasteiger charge is -2.22. The van der Waals surface area contributed by atoms with Crippen molar-refractivity contribution in [3.8, 4) is 17.2 Å². The molecule has 4 nitrogen and oxygen atoms in total. The second-order valence-electron chi connectivity index (χ2n) is 3.52. The van der Waals surface area contributed by atoms with E-state index in [2.05, 4.69) is 17.5 Å². The van der Waals surface area contributed by atoms with Gasteiger partial charge in [-0.15, -0.1) is 0 Å². The Morgan fingerprint density at radius 1 is 1.00 bits per heavy atom. The van der Waals surface area contributed by atoms with Crippen molar-refractivity contribution in [3.63, 3.8) is 0 Å². The van der Waals surface area contributed by atoms with Crippen LogP contribution in [-0.2, 0) is 0 Å². The van der Waals surface area contributed by atoms with Gasteiger partial charge in [0.2, 0.25) is 0 Å². The van der Waals surface area contributed by atoms with E-state index in [9.17, 15) is 0 Å². The van der Waals surface area contributed by atoms with Crippen molar-refractivity contribution in [2.45, 2.75) is 0 Å². The maximum Gasteiger partial charge on any atom is 0.164 e. The van der Waals surface area contributed by atoms with Gasteiger partial charge in [-0.1, -0.05) is 0 Å². The first-order valence-corrected chi connectivity index (χ1v) is 5.93. The van der Waals surface area contributed by atoms with E-state index in [4.69, 9.17) is 14.2 Å². The minimum absolute atomic E-state index is 0.660. The van der Waals surface area contributed by atoms with Gasteiger partial charge in [0.1, 0.15) is 5.75 Å². The average Bonchev–Trinajstić information content (AvgIpc) is 2.37. The van der Waals surface area contributed by atoms with Crippen LogP contribution in [-0.4, -0.2) is 40.7 Å². The molecule has 0 bridgehead atoms. The second-order valence-corrected chi connectivity index (χ2v) is 3.97. The normalized spacial score (nSPS) is 9.94. The van der Waals surface area contributed by atoms with E-state index in [0.717, 1.165) is 23.7 Å². The highest BCUT2D eigenvalue weighted by molar-refractivity contribution is 7.80. The highest BCUT2D eigenvalue weighted by Crippen LogP contribution is 2.39. The number of hydrogen-bond acceptors (Lipinski definition) is 5. The third-order valence-corrected chi connectivity index (χ3v) is 2.73. The zero-order chi connectivity index (χ0) is 12.8. The Morgan fingerprint density at radius 2 is 1.53 bits per heavy atom. The molecule has 0 atom stereocenters. The molecule has 1 rings (SSSR count). The van der Waals surface area contributed by atoms with Crippen LogP contribution in [0.15, 0.2) is 12.1 Å². The molecule has 1 aromatic rings. The monoisotopic (exact) mass is 257 g/mol. The van der Waals surface area contributed by atoms with Gasteiger partial charge in [0, 0.05) is 31.5 Å². The Bertz CT molecular complexity index is 371. The topological polar surface area (TPSA) is 30.9 Å². The average molecular weight is 257 g/mol. The molecule has 0 N–H and O–H groups in total. The Hall–Kier alpha value is -1.23. The molecule has 0 aromatic heterocycles. The Kier molecular flexibility index (Phi) is 5.28. The summed E-state index contributed by atoms with van der Waals surface area (Å²) in [6.07, 6.45) is 0. The molecule has 0 radical (unpaired) electrons. The van der Waals surface area contributed by atoms with Crippen molar-refractivity contribution in [1.82, 2.24) is 0 Å². The molecule has 0 fully saturated rings. The molecule has 96 valence electrons. The molecule has 17 heavy (non-hydrogen) atoms. The summed E-state index contributed by atoms with van der Waals surface area (Å²) in [7, 11) is 6.85. The summed E-state index contributed by atoms with van der Waals surface area (Å²) in [6.45, 7) is 0.828. The van der Waals surface area contributed by atoms with E-state index in [1.807, 2.05) is 19.2 Å². The van der Waals surface area contributed by atoms with Crippen LogP contribution in [0.3, 0.4) is 0 Å². The molecule has 0 aliphatic carbocycles. The standard InChI is InChI=1S/C12H19NO3S/c1-13(5-6-17)9-7-11(15-3)12(16-4)8-10(9)14-2/h7-8,17H,5-6H2,1-4H3. The molecular weight excluding hydrogens is 238 g/mol. The maximum atomic E-state index is 5.35. The molecule has 0 aliphatic heterocycles. The van der Waals surface area contributed by atoms with Crippen molar-refractivity contribution in [1.29, 1.82) is 0 Å². The Balaban J connectivity index is 3.18. The van der Waals surface area contributed by atoms with Gasteiger partial charge in [-0.25, -0.2) is 0 Å². The molecule has 0 heterocycles. The minimum Gasteiger partial charge on any atom is -0.494 e. The number of ether oxygens (including phenoxy) is 3. The second kappa shape index (κ2) is 6.49. The van der Waals surface area contributed by atoms with Gasteiger partial charge in [0.15, 0.2) is 11.5 Å². The SMILES string of the molecule is COc1cc(OC)c(N(C)CCS)cc1OC. The van der Waals surface area contributed by atoms with E-state index < -0.39 is 0 Å². The number of benzene rings is 1. The highest BCUT2D eigenvalue weighted by Gasteiger charge is 2.14. The van der Waals surface area contributed by atoms with Crippen molar-refractivity contribution in [2.24, 2.45) is 0 Å². The number of thiol groups is 1. The third-order valence-electron chi connectivity index (χ3n) is 2.53. The van der Waals surface area contributed by atoms with Crippen LogP contribution in [0.2, 0.25) is 0 Å². The van der Waals surface area contributed by atoms with Gasteiger partial charge in [-0.3, -0.25) is 0 Å². The zero-order valence-corrected chi connectivity index (χ0v) is 11.6. The number of rotatable bonds is 6. The van der Waals surface area contributed by atoms with E-state index in [0.29, 0.717) is 11.5 Å². The molecule has 0 saturated heterocycles. The predicted octanol–water partition coefficient (Wildman–Crippen LogP) is 2.08. The molecular formula is C12H19NO3S. The molecule has 0 aliphatic rings. The molecule has 0 saturated carbocycles. The summed E-state index contributed by atoms with van der Waals surface area (Å²) in [6, 6.07) is 3.73. The fourth-order valence-electron chi connectivity index (χ4n) is 1.58. The van der Waals surface area contributed by atoms with Crippen LogP contribution in [0.4, 0.5) is 5.69 Å². The quantitative estimate of drug-likeness (QED) is 0.791. The number of methoxy groups -OCH3 is 3. The molecule has 0 unspecified atom stereocenters. The zero-order valence-electron chi connectivity index (χ0n) is 10.7. The van der Waals surface area contributed by atoms with Gasteiger partial charge in [-0.2, -0.15) is 12.6 Å². The molecule has 1 aromatic carbocycles. The van der Waals surface area contributed by atoms with Crippen LogP contribution < -0.4 is 19.1 Å². The summed E-state index contributed by atoms with van der Waals surface area (Å²) in [5.74, 6) is 2.88. The third kappa shape index (κ3) is 3.12. The first-order chi connectivity index (χ1) is 8.17. The molecule has 0 amide bonds. The van der Waals surface area contributed by atoms with Gasteiger partial charge in [-0.05, 0) is 0 Å². The smallest absolute Gasteiger partial charge is 0.164 e. The van der Waals surface area contributed by atoms with Gasteiger partial charge in [0.25, 0.3) is 0 Å². The largest absolute Gasteiger partial charge is 0.494 e. The highest BCUT2D eigenvalue weighted by atomic mass is 32.1. The van der Waals surface area contributed by atoms with Crippen LogP contribution in [0.25, 0.3) is 0 Å². The van der Waals surface area contributed by atoms with Crippen molar-refractivity contribution < 1.29 is 14.2 Å². The summed E-state index contributed by atoms with van der Waals surface area (Å²) in [5.41, 5.74) is 0.958. The minimum atomic E-state index is 0.660. The summed E-state index contributed by atoms with van der Waals surface area (Å²) >= 11 is 4.22. The lowest BCUT2D eigenvalue weighted by atomic mass is 10.2. The first-order valence-electron chi connectivity index (χ1n) is 5.30. The first kappa shape index (κ1) is 13.8. The fourth-order valence-corrected chi connectivity index (χ4v) is 1.88. The van der Waals surface area contributed by atoms with Crippen LogP contribution >= 0.6 is 12.6 Å². The van der Waals surface area contributed by atoms with Crippen LogP contribution in [0, 0.1) is 0 Å². The van der Waals surface area contributed by atoms with Crippen LogP contribution in [0.1, 0.15) is 0 Å². The van der Waals surface area contributed by atoms with Gasteiger partial charge >= 0.3 is 0 Å². The lowest BCUT2D eigenvalue weighted by Crippen LogP contribution is -2.20. The predicted molar refractivity (Wildman–Crippen MR) is 73.2 cm³/mol. The van der Waals surface area contributed by atoms with E-state index in [1.54, 1.807) is 21.3 Å². The summed E-state index contributed by atoms with van der Waals surface area (Å²) < 4.78 is 15.9. The summed E-state index contributed by atoms with van der Waals surface area (Å²) in [5, 5.41) is 0. The molecule has 5 heteroatoms. The number of hydrogen-bond donors (Lipinski definition) is 1. The van der Waals surface area contributed by atoms with Crippen molar-refractivity contribution in [2.75, 3.05) is 45.6 Å². The summed E-state index contributed by atoms with van der Waals surface area (Å²) in [4.78, 5) is 2.06. The number of anilines is 1. The van der Waals surface area contributed by atoms with Crippen molar-refractivity contribution >= 4 is 18.3 Å². The number of nitrogens with zero attached hydrogens (tertiary/aromatic N) is 1. The Labute approximate surface area is 108 Å². The van der Waals surface area contributed by atoms with E-state index in [1.165, 1.54) is 0 Å². The van der Waals surface area contributed by atoms with Crippen molar-refractivity contribution in [3.05, 3.63) is 12.1 Å². The maximum absolute atomic E-state index is 5.35. The van der Waals surface area contributed by atoms with Crippen LogP contribution in [0.5, 0.6) is 17.2 Å². The van der Waals surface area contributed by atoms with E-state index in [-0.39, 0.29) is 0 Å². The molecule has 0 spiro atoms. The fraction of sp³-hybridized carbons (Fsp3) is 0.500.